The third-order valence-electron chi connectivity index (χ3n) is 3.64. The van der Waals surface area contributed by atoms with Gasteiger partial charge in [-0.05, 0) is 18.4 Å². The highest BCUT2D eigenvalue weighted by Gasteiger charge is 2.40. The van der Waals surface area contributed by atoms with Gasteiger partial charge in [-0.15, -0.1) is 11.8 Å². The van der Waals surface area contributed by atoms with Crippen molar-refractivity contribution in [3.05, 3.63) is 51.1 Å². The number of hydrogen-bond donors (Lipinski definition) is 1. The molecule has 1 aliphatic rings. The fourth-order valence-electron chi connectivity index (χ4n) is 2.51. The molecule has 1 amide bonds. The van der Waals surface area contributed by atoms with E-state index >= 15 is 0 Å². The van der Waals surface area contributed by atoms with Gasteiger partial charge in [-0.25, -0.2) is 0 Å². The Morgan fingerprint density at radius 3 is 2.38 bits per heavy atom. The van der Waals surface area contributed by atoms with E-state index in [-0.39, 0.29) is 22.4 Å². The van der Waals surface area contributed by atoms with E-state index in [4.69, 9.17) is 5.11 Å². The van der Waals surface area contributed by atoms with Crippen LogP contribution in [0.3, 0.4) is 0 Å². The lowest BCUT2D eigenvalue weighted by Gasteiger charge is -2.20. The first-order chi connectivity index (χ1) is 11.3. The van der Waals surface area contributed by atoms with E-state index in [1.165, 1.54) is 48.0 Å². The SMILES string of the molecule is CS[C@@H]1C(C(=O)c2ccc([N+](=O)[O-])cc2)=C(CC(=O)O)C(=O)N1C. The zero-order chi connectivity index (χ0) is 18.0. The molecule has 0 saturated carbocycles. The minimum absolute atomic E-state index is 0.0484. The number of carboxylic acid groups (broad SMARTS) is 1. The molecule has 0 unspecified atom stereocenters. The zero-order valence-corrected chi connectivity index (χ0v) is 13.7. The van der Waals surface area contributed by atoms with E-state index in [0.29, 0.717) is 0 Å². The molecular formula is C15H14N2O6S. The normalized spacial score (nSPS) is 17.3. The number of ketones is 1. The summed E-state index contributed by atoms with van der Waals surface area (Å²) in [6.07, 6.45) is 1.16. The fraction of sp³-hybridized carbons (Fsp3) is 0.267. The number of aliphatic carboxylic acids is 1. The first kappa shape index (κ1) is 17.7. The standard InChI is InChI=1S/C15H14N2O6S/c1-16-14(21)10(7-11(18)19)12(15(16)24-2)13(20)8-3-5-9(6-4-8)17(22)23/h3-6,15H,7H2,1-2H3,(H,18,19)/t15-/m1/s1. The number of carbonyl (C=O) groups excluding carboxylic acids is 2. The van der Waals surface area contributed by atoms with E-state index in [0.717, 1.165) is 0 Å². The Morgan fingerprint density at radius 2 is 1.92 bits per heavy atom. The second-order valence-corrected chi connectivity index (χ2v) is 6.02. The molecule has 126 valence electrons. The molecule has 0 saturated heterocycles. The van der Waals surface area contributed by atoms with Crippen molar-refractivity contribution in [1.29, 1.82) is 0 Å². The van der Waals surface area contributed by atoms with Gasteiger partial charge in [0.2, 0.25) is 0 Å². The maximum atomic E-state index is 12.8. The molecule has 24 heavy (non-hydrogen) atoms. The number of carbonyl (C=O) groups is 3. The van der Waals surface area contributed by atoms with Gasteiger partial charge in [-0.2, -0.15) is 0 Å². The number of likely N-dealkylation sites (N-methyl/N-ethyl adjacent to an activating group) is 1. The van der Waals surface area contributed by atoms with Crippen LogP contribution < -0.4 is 0 Å². The van der Waals surface area contributed by atoms with E-state index in [2.05, 4.69) is 0 Å². The van der Waals surface area contributed by atoms with Crippen molar-refractivity contribution >= 4 is 35.1 Å². The average Bonchev–Trinajstić information content (AvgIpc) is 2.78. The summed E-state index contributed by atoms with van der Waals surface area (Å²) in [5.41, 5.74) is 0.0758. The van der Waals surface area contributed by atoms with E-state index < -0.39 is 34.4 Å². The van der Waals surface area contributed by atoms with Gasteiger partial charge in [0, 0.05) is 35.9 Å². The van der Waals surface area contributed by atoms with Crippen molar-refractivity contribution in [2.75, 3.05) is 13.3 Å². The number of amides is 1. The molecule has 1 atom stereocenters. The van der Waals surface area contributed by atoms with Crippen LogP contribution in [0.25, 0.3) is 0 Å². The third-order valence-corrected chi connectivity index (χ3v) is 4.64. The highest BCUT2D eigenvalue weighted by molar-refractivity contribution is 7.99. The molecule has 0 bridgehead atoms. The van der Waals surface area contributed by atoms with Crippen LogP contribution in [-0.4, -0.2) is 51.3 Å². The molecule has 1 aromatic carbocycles. The van der Waals surface area contributed by atoms with Crippen molar-refractivity contribution in [2.24, 2.45) is 0 Å². The lowest BCUT2D eigenvalue weighted by Crippen LogP contribution is -2.30. The van der Waals surface area contributed by atoms with E-state index in [9.17, 15) is 24.5 Å². The number of hydrogen-bond acceptors (Lipinski definition) is 6. The first-order valence-electron chi connectivity index (χ1n) is 6.81. The van der Waals surface area contributed by atoms with Crippen molar-refractivity contribution < 1.29 is 24.4 Å². The predicted octanol–water partition coefficient (Wildman–Crippen LogP) is 1.71. The van der Waals surface area contributed by atoms with Crippen molar-refractivity contribution in [3.63, 3.8) is 0 Å². The van der Waals surface area contributed by atoms with Crippen molar-refractivity contribution in [3.8, 4) is 0 Å². The van der Waals surface area contributed by atoms with Gasteiger partial charge in [-0.1, -0.05) is 0 Å². The van der Waals surface area contributed by atoms with Crippen LogP contribution in [-0.2, 0) is 9.59 Å². The molecule has 0 fully saturated rings. The summed E-state index contributed by atoms with van der Waals surface area (Å²) < 4.78 is 0. The highest BCUT2D eigenvalue weighted by Crippen LogP contribution is 2.35. The van der Waals surface area contributed by atoms with Gasteiger partial charge >= 0.3 is 5.97 Å². The lowest BCUT2D eigenvalue weighted by atomic mass is 9.98. The largest absolute Gasteiger partial charge is 0.481 e. The van der Waals surface area contributed by atoms with Gasteiger partial charge in [0.15, 0.2) is 5.78 Å². The maximum absolute atomic E-state index is 12.8. The minimum atomic E-state index is -1.21. The monoisotopic (exact) mass is 350 g/mol. The van der Waals surface area contributed by atoms with Gasteiger partial charge in [-0.3, -0.25) is 24.5 Å². The zero-order valence-electron chi connectivity index (χ0n) is 12.9. The minimum Gasteiger partial charge on any atom is -0.481 e. The Morgan fingerprint density at radius 1 is 1.33 bits per heavy atom. The smallest absolute Gasteiger partial charge is 0.308 e. The van der Waals surface area contributed by atoms with Crippen LogP contribution in [0.1, 0.15) is 16.8 Å². The van der Waals surface area contributed by atoms with Gasteiger partial charge < -0.3 is 10.0 Å². The summed E-state index contributed by atoms with van der Waals surface area (Å²) in [4.78, 5) is 47.5. The summed E-state index contributed by atoms with van der Waals surface area (Å²) in [7, 11) is 1.50. The Balaban J connectivity index is 2.48. The van der Waals surface area contributed by atoms with Crippen LogP contribution >= 0.6 is 11.8 Å². The second kappa shape index (κ2) is 6.83. The Hall–Kier alpha value is -2.68. The molecule has 8 nitrogen and oxygen atoms in total. The number of benzene rings is 1. The summed E-state index contributed by atoms with van der Waals surface area (Å²) in [6.45, 7) is 0. The van der Waals surface area contributed by atoms with Gasteiger partial charge in [0.1, 0.15) is 5.37 Å². The molecule has 0 spiro atoms. The van der Waals surface area contributed by atoms with E-state index in [1.54, 1.807) is 6.26 Å². The highest BCUT2D eigenvalue weighted by atomic mass is 32.2. The molecule has 9 heteroatoms. The second-order valence-electron chi connectivity index (χ2n) is 5.10. The summed E-state index contributed by atoms with van der Waals surface area (Å²) in [5, 5.41) is 19.1. The number of rotatable bonds is 6. The van der Waals surface area contributed by atoms with Crippen molar-refractivity contribution in [2.45, 2.75) is 11.8 Å². The molecule has 1 aliphatic heterocycles. The van der Waals surface area contributed by atoms with Crippen LogP contribution in [0, 0.1) is 10.1 Å². The summed E-state index contributed by atoms with van der Waals surface area (Å²) in [5.74, 6) is -2.21. The Bertz CT molecular complexity index is 756. The number of nitro groups is 1. The quantitative estimate of drug-likeness (QED) is 0.471. The van der Waals surface area contributed by atoms with Crippen molar-refractivity contribution in [1.82, 2.24) is 4.90 Å². The molecule has 2 rings (SSSR count). The van der Waals surface area contributed by atoms with E-state index in [1.807, 2.05) is 0 Å². The molecule has 0 radical (unpaired) electrons. The third kappa shape index (κ3) is 3.16. The fourth-order valence-corrected chi connectivity index (χ4v) is 3.41. The topological polar surface area (TPSA) is 118 Å². The van der Waals surface area contributed by atoms with Gasteiger partial charge in [0.05, 0.1) is 11.3 Å². The number of carboxylic acids is 1. The predicted molar refractivity (Wildman–Crippen MR) is 86.8 cm³/mol. The average molecular weight is 350 g/mol. The molecule has 0 aliphatic carbocycles. The van der Waals surface area contributed by atoms with Crippen LogP contribution in [0.5, 0.6) is 0 Å². The van der Waals surface area contributed by atoms with Crippen LogP contribution in [0.2, 0.25) is 0 Å². The molecule has 1 N–H and O–H groups in total. The number of thioether (sulfide) groups is 1. The number of nitrogens with zero attached hydrogens (tertiary/aromatic N) is 2. The Kier molecular flexibility index (Phi) is 5.03. The van der Waals surface area contributed by atoms with Crippen LogP contribution in [0.4, 0.5) is 5.69 Å². The molecule has 0 aromatic heterocycles. The summed E-state index contributed by atoms with van der Waals surface area (Å²) >= 11 is 1.24. The molecule has 1 aromatic rings. The maximum Gasteiger partial charge on any atom is 0.308 e. The lowest BCUT2D eigenvalue weighted by molar-refractivity contribution is -0.384. The molecule has 1 heterocycles. The number of nitro benzene ring substituents is 1. The molecular weight excluding hydrogens is 336 g/mol. The number of non-ortho nitro benzene ring substituents is 1. The summed E-state index contributed by atoms with van der Waals surface area (Å²) in [6, 6.07) is 4.98. The Labute approximate surface area is 141 Å². The number of Topliss-reactive ketones (excluding diaryl/α,β-unsaturated/α-hetero) is 1. The van der Waals surface area contributed by atoms with Gasteiger partial charge in [0.25, 0.3) is 11.6 Å². The van der Waals surface area contributed by atoms with Crippen LogP contribution in [0.15, 0.2) is 35.4 Å². The first-order valence-corrected chi connectivity index (χ1v) is 8.10.